The number of nitrogens with one attached hydrogen (secondary N) is 1. The van der Waals surface area contributed by atoms with E-state index in [1.165, 1.54) is 5.57 Å². The highest BCUT2D eigenvalue weighted by Gasteiger charge is 2.19. The summed E-state index contributed by atoms with van der Waals surface area (Å²) in [5.41, 5.74) is 2.41. The number of pyridine rings is 1. The van der Waals surface area contributed by atoms with Crippen LogP contribution < -0.4 is 10.1 Å². The smallest absolute Gasteiger partial charge is 0.221 e. The topological polar surface area (TPSA) is 43.4 Å². The van der Waals surface area contributed by atoms with Gasteiger partial charge < -0.3 is 14.8 Å². The molecular weight excluding hydrogens is 264 g/mol. The lowest BCUT2D eigenvalue weighted by molar-refractivity contribution is 0.161. The van der Waals surface area contributed by atoms with Crippen LogP contribution in [0.25, 0.3) is 5.57 Å². The fourth-order valence-electron chi connectivity index (χ4n) is 2.39. The summed E-state index contributed by atoms with van der Waals surface area (Å²) in [5, 5.41) is 3.30. The van der Waals surface area contributed by atoms with E-state index in [-0.39, 0.29) is 18.5 Å². The third kappa shape index (κ3) is 3.47. The Morgan fingerprint density at radius 2 is 2.37 bits per heavy atom. The van der Waals surface area contributed by atoms with Crippen LogP contribution in [0.1, 0.15) is 18.4 Å². The Hall–Kier alpha value is -1.10. The number of nitrogens with zero attached hydrogens (tertiary/aromatic N) is 1. The van der Waals surface area contributed by atoms with Gasteiger partial charge in [0.15, 0.2) is 0 Å². The molecule has 104 valence electrons. The molecule has 2 aliphatic rings. The van der Waals surface area contributed by atoms with Gasteiger partial charge in [-0.3, -0.25) is 0 Å². The monoisotopic (exact) mass is 282 g/mol. The number of aromatic nitrogens is 1. The molecule has 4 nitrogen and oxygen atoms in total. The third-order valence-electron chi connectivity index (χ3n) is 3.37. The first-order chi connectivity index (χ1) is 8.93. The summed E-state index contributed by atoms with van der Waals surface area (Å²) in [5.74, 6) is 0.763. The lowest BCUT2D eigenvalue weighted by Gasteiger charge is -2.18. The first kappa shape index (κ1) is 14.3. The van der Waals surface area contributed by atoms with E-state index in [1.54, 1.807) is 6.20 Å². The van der Waals surface area contributed by atoms with Gasteiger partial charge in [-0.15, -0.1) is 12.4 Å². The molecule has 5 heteroatoms. The van der Waals surface area contributed by atoms with Gasteiger partial charge in [-0.1, -0.05) is 6.08 Å². The first-order valence-corrected chi connectivity index (χ1v) is 6.53. The normalized spacial score (nSPS) is 22.5. The van der Waals surface area contributed by atoms with Crippen molar-refractivity contribution in [3.8, 4) is 5.88 Å². The van der Waals surface area contributed by atoms with Crippen molar-refractivity contribution >= 4 is 18.0 Å². The number of rotatable bonds is 3. The summed E-state index contributed by atoms with van der Waals surface area (Å²) in [6.45, 7) is 3.42. The van der Waals surface area contributed by atoms with E-state index in [9.17, 15) is 0 Å². The van der Waals surface area contributed by atoms with Crippen LogP contribution >= 0.6 is 12.4 Å². The molecule has 1 fully saturated rings. The van der Waals surface area contributed by atoms with Crippen LogP contribution in [-0.2, 0) is 4.74 Å². The van der Waals surface area contributed by atoms with Crippen LogP contribution in [0.15, 0.2) is 24.4 Å². The van der Waals surface area contributed by atoms with Gasteiger partial charge in [0.1, 0.15) is 6.10 Å². The zero-order chi connectivity index (χ0) is 12.2. The Morgan fingerprint density at radius 1 is 1.42 bits per heavy atom. The summed E-state index contributed by atoms with van der Waals surface area (Å²) in [6, 6.07) is 4.05. The molecule has 0 aliphatic carbocycles. The van der Waals surface area contributed by atoms with Gasteiger partial charge in [0.2, 0.25) is 5.88 Å². The van der Waals surface area contributed by atoms with Crippen molar-refractivity contribution in [2.45, 2.75) is 18.9 Å². The number of ether oxygens (including phenoxy) is 2. The molecule has 1 saturated heterocycles. The van der Waals surface area contributed by atoms with Gasteiger partial charge >= 0.3 is 0 Å². The molecule has 2 aliphatic heterocycles. The van der Waals surface area contributed by atoms with Crippen LogP contribution in [0.4, 0.5) is 0 Å². The summed E-state index contributed by atoms with van der Waals surface area (Å²) in [6.07, 6.45) is 6.16. The fraction of sp³-hybridized carbons (Fsp3) is 0.500. The molecule has 3 heterocycles. The quantitative estimate of drug-likeness (QED) is 0.921. The van der Waals surface area contributed by atoms with E-state index in [0.29, 0.717) is 6.61 Å². The predicted molar refractivity (Wildman–Crippen MR) is 76.8 cm³/mol. The Labute approximate surface area is 119 Å². The Kier molecular flexibility index (Phi) is 5.19. The summed E-state index contributed by atoms with van der Waals surface area (Å²) in [4.78, 5) is 4.39. The second-order valence-corrected chi connectivity index (χ2v) is 4.64. The number of hydrogen-bond donors (Lipinski definition) is 1. The molecule has 19 heavy (non-hydrogen) atoms. The van der Waals surface area contributed by atoms with Crippen molar-refractivity contribution in [2.75, 3.05) is 26.3 Å². The van der Waals surface area contributed by atoms with E-state index in [0.717, 1.165) is 44.0 Å². The van der Waals surface area contributed by atoms with Crippen molar-refractivity contribution in [2.24, 2.45) is 0 Å². The van der Waals surface area contributed by atoms with Gasteiger partial charge in [-0.2, -0.15) is 0 Å². The van der Waals surface area contributed by atoms with E-state index in [4.69, 9.17) is 9.47 Å². The van der Waals surface area contributed by atoms with Crippen LogP contribution in [-0.4, -0.2) is 37.4 Å². The van der Waals surface area contributed by atoms with E-state index in [2.05, 4.69) is 22.4 Å². The SMILES string of the molecule is C1=C(c2cccnc2O[C@@H]2CCNC2)CCOC1.Cl. The minimum Gasteiger partial charge on any atom is -0.473 e. The average molecular weight is 283 g/mol. The highest BCUT2D eigenvalue weighted by Crippen LogP contribution is 2.28. The van der Waals surface area contributed by atoms with Crippen LogP contribution in [0.2, 0.25) is 0 Å². The lowest BCUT2D eigenvalue weighted by atomic mass is 10.0. The van der Waals surface area contributed by atoms with Crippen LogP contribution in [0.5, 0.6) is 5.88 Å². The molecule has 0 aromatic carbocycles. The summed E-state index contributed by atoms with van der Waals surface area (Å²) >= 11 is 0. The largest absolute Gasteiger partial charge is 0.473 e. The molecule has 0 saturated carbocycles. The second-order valence-electron chi connectivity index (χ2n) is 4.64. The maximum Gasteiger partial charge on any atom is 0.221 e. The average Bonchev–Trinajstić information content (AvgIpc) is 2.93. The highest BCUT2D eigenvalue weighted by molar-refractivity contribution is 5.85. The second kappa shape index (κ2) is 6.89. The predicted octanol–water partition coefficient (Wildman–Crippen LogP) is 2.05. The van der Waals surface area contributed by atoms with Gasteiger partial charge in [-0.05, 0) is 37.1 Å². The van der Waals surface area contributed by atoms with Gasteiger partial charge in [0, 0.05) is 18.3 Å². The molecule has 1 N–H and O–H groups in total. The van der Waals surface area contributed by atoms with Crippen molar-refractivity contribution in [1.82, 2.24) is 10.3 Å². The highest BCUT2D eigenvalue weighted by atomic mass is 35.5. The van der Waals surface area contributed by atoms with E-state index < -0.39 is 0 Å². The number of halogens is 1. The minimum atomic E-state index is 0. The minimum absolute atomic E-state index is 0. The van der Waals surface area contributed by atoms with Crippen molar-refractivity contribution in [3.63, 3.8) is 0 Å². The summed E-state index contributed by atoms with van der Waals surface area (Å²) in [7, 11) is 0. The first-order valence-electron chi connectivity index (χ1n) is 6.53. The van der Waals surface area contributed by atoms with Crippen LogP contribution in [0, 0.1) is 0 Å². The zero-order valence-electron chi connectivity index (χ0n) is 10.8. The molecule has 0 amide bonds. The molecule has 1 aromatic rings. The van der Waals surface area contributed by atoms with Gasteiger partial charge in [0.25, 0.3) is 0 Å². The van der Waals surface area contributed by atoms with Crippen LogP contribution in [0.3, 0.4) is 0 Å². The molecule has 0 radical (unpaired) electrons. The molecule has 0 bridgehead atoms. The maximum absolute atomic E-state index is 6.00. The van der Waals surface area contributed by atoms with Gasteiger partial charge in [-0.25, -0.2) is 4.98 Å². The van der Waals surface area contributed by atoms with E-state index >= 15 is 0 Å². The number of hydrogen-bond acceptors (Lipinski definition) is 4. The Morgan fingerprint density at radius 3 is 3.11 bits per heavy atom. The Balaban J connectivity index is 0.00000133. The standard InChI is InChI=1S/C14H18N2O2.ClH/c1-2-13(11-4-8-17-9-5-11)14(16-6-1)18-12-3-7-15-10-12;/h1-2,4,6,12,15H,3,5,7-10H2;1H/t12-;/m1./s1. The molecule has 0 spiro atoms. The Bertz CT molecular complexity index is 445. The fourth-order valence-corrected chi connectivity index (χ4v) is 2.39. The molecular formula is C14H19ClN2O2. The summed E-state index contributed by atoms with van der Waals surface area (Å²) < 4.78 is 11.4. The van der Waals surface area contributed by atoms with Crippen molar-refractivity contribution in [1.29, 1.82) is 0 Å². The molecule has 1 aromatic heterocycles. The zero-order valence-corrected chi connectivity index (χ0v) is 11.6. The lowest BCUT2D eigenvalue weighted by Crippen LogP contribution is -2.20. The van der Waals surface area contributed by atoms with E-state index in [1.807, 2.05) is 6.07 Å². The third-order valence-corrected chi connectivity index (χ3v) is 3.37. The maximum atomic E-state index is 6.00. The van der Waals surface area contributed by atoms with Crippen molar-refractivity contribution < 1.29 is 9.47 Å². The molecule has 1 atom stereocenters. The van der Waals surface area contributed by atoms with Crippen molar-refractivity contribution in [3.05, 3.63) is 30.0 Å². The molecule has 0 unspecified atom stereocenters. The van der Waals surface area contributed by atoms with Gasteiger partial charge in [0.05, 0.1) is 13.2 Å². The molecule has 3 rings (SSSR count).